The van der Waals surface area contributed by atoms with E-state index in [1.165, 1.54) is 0 Å². The third kappa shape index (κ3) is 2.66. The van der Waals surface area contributed by atoms with E-state index < -0.39 is 36.4 Å². The topological polar surface area (TPSA) is 36.1 Å². The van der Waals surface area contributed by atoms with Crippen LogP contribution in [-0.2, 0) is 21.1 Å². The second-order valence-electron chi connectivity index (χ2n) is 3.34. The van der Waals surface area contributed by atoms with Crippen LogP contribution in [0.5, 0.6) is 0 Å². The van der Waals surface area contributed by atoms with Crippen LogP contribution in [0.2, 0.25) is 0 Å². The Morgan fingerprint density at radius 1 is 1.20 bits per heavy atom. The molecule has 86 valence electrons. The van der Waals surface area contributed by atoms with Gasteiger partial charge in [-0.1, -0.05) is 0 Å². The van der Waals surface area contributed by atoms with E-state index in [-0.39, 0.29) is 0 Å². The molecule has 0 spiro atoms. The summed E-state index contributed by atoms with van der Waals surface area (Å²) in [5.74, 6) is 0. The Labute approximate surface area is 100 Å². The van der Waals surface area contributed by atoms with Crippen molar-refractivity contribution in [1.29, 1.82) is 0 Å². The second kappa shape index (κ2) is 5.82. The summed E-state index contributed by atoms with van der Waals surface area (Å²) in [6, 6.07) is 0. The van der Waals surface area contributed by atoms with Crippen LogP contribution in [0, 0.1) is 0 Å². The van der Waals surface area contributed by atoms with E-state index >= 15 is 0 Å². The third-order valence-electron chi connectivity index (χ3n) is 2.78. The van der Waals surface area contributed by atoms with Gasteiger partial charge in [-0.15, -0.1) is 0 Å². The van der Waals surface area contributed by atoms with Crippen LogP contribution in [0.25, 0.3) is 0 Å². The molecule has 0 radical (unpaired) electrons. The Hall–Kier alpha value is 0.646. The fourth-order valence-corrected chi connectivity index (χ4v) is 13.8. The maximum absolute atomic E-state index is 13.0. The number of halogens is 2. The molecule has 3 nitrogen and oxygen atoms in total. The van der Waals surface area contributed by atoms with Gasteiger partial charge in [0.1, 0.15) is 0 Å². The Morgan fingerprint density at radius 3 is 2.13 bits per heavy atom. The number of nitrogens with one attached hydrogen (secondary N) is 3. The molecule has 0 atom stereocenters. The van der Waals surface area contributed by atoms with E-state index in [4.69, 9.17) is 0 Å². The molecular formula is C8H17F2GeN3Zr. The fourth-order valence-electron chi connectivity index (χ4n) is 1.92. The molecule has 0 aromatic rings. The Bertz CT molecular complexity index is 281. The van der Waals surface area contributed by atoms with E-state index in [1.54, 1.807) is 6.08 Å². The molecule has 0 aliphatic heterocycles. The Morgan fingerprint density at radius 2 is 1.73 bits per heavy atom. The Balaban J connectivity index is 3.09. The molecule has 0 aromatic heterocycles. The molecule has 0 bridgehead atoms. The molecule has 0 saturated heterocycles. The second-order valence-corrected chi connectivity index (χ2v) is 14.8. The fraction of sp³-hybridized carbons (Fsp3) is 0.500. The van der Waals surface area contributed by atoms with Crippen molar-refractivity contribution in [3.8, 4) is 0 Å². The van der Waals surface area contributed by atoms with Gasteiger partial charge < -0.3 is 0 Å². The molecule has 0 saturated carbocycles. The van der Waals surface area contributed by atoms with Gasteiger partial charge in [0.15, 0.2) is 0 Å². The van der Waals surface area contributed by atoms with Crippen molar-refractivity contribution in [2.24, 2.45) is 0 Å². The normalized spacial score (nSPS) is 16.9. The zero-order valence-corrected chi connectivity index (χ0v) is 14.1. The van der Waals surface area contributed by atoms with Crippen molar-refractivity contribution in [3.05, 3.63) is 19.8 Å². The average molecular weight is 357 g/mol. The standard InChI is InChI=1S/C5H5F2Ge.3CH4N.Zr/c6-8(7)5-3-1-2-4-5;3*1-2;/h1,3,8H,2H2;3*2H,1H3;/q;3*-1;+3. The van der Waals surface area contributed by atoms with Gasteiger partial charge in [0.25, 0.3) is 0 Å². The van der Waals surface area contributed by atoms with Crippen molar-refractivity contribution >= 4 is 15.3 Å². The number of rotatable bonds is 5. The van der Waals surface area contributed by atoms with E-state index in [1.807, 2.05) is 27.2 Å². The number of hydrogen-bond acceptors (Lipinski definition) is 3. The van der Waals surface area contributed by atoms with Crippen molar-refractivity contribution in [2.75, 3.05) is 21.1 Å². The van der Waals surface area contributed by atoms with Gasteiger partial charge in [-0.3, -0.25) is 0 Å². The van der Waals surface area contributed by atoms with E-state index in [0.717, 1.165) is 3.28 Å². The quantitative estimate of drug-likeness (QED) is 0.626. The summed E-state index contributed by atoms with van der Waals surface area (Å²) in [5, 5.41) is 0. The van der Waals surface area contributed by atoms with Crippen LogP contribution >= 0.6 is 0 Å². The first-order chi connectivity index (χ1) is 7.11. The molecule has 0 unspecified atom stereocenters. The maximum atomic E-state index is 13.0. The molecule has 7 heteroatoms. The summed E-state index contributed by atoms with van der Waals surface area (Å²) in [7, 11) is 5.51. The van der Waals surface area contributed by atoms with Crippen LogP contribution in [-0.4, -0.2) is 36.4 Å². The molecule has 0 amide bonds. The predicted molar refractivity (Wildman–Crippen MR) is 57.3 cm³/mol. The van der Waals surface area contributed by atoms with E-state index in [9.17, 15) is 7.00 Å². The molecule has 3 N–H and O–H groups in total. The van der Waals surface area contributed by atoms with Crippen molar-refractivity contribution in [1.82, 2.24) is 9.78 Å². The van der Waals surface area contributed by atoms with Gasteiger partial charge in [-0.05, 0) is 0 Å². The van der Waals surface area contributed by atoms with Crippen molar-refractivity contribution in [2.45, 2.75) is 6.42 Å². The average Bonchev–Trinajstić information content (AvgIpc) is 2.71. The third-order valence-corrected chi connectivity index (χ3v) is 15.4. The number of hydrogen-bond donors (Lipinski definition) is 3. The summed E-state index contributed by atoms with van der Waals surface area (Å²) in [6.07, 6.45) is 4.14. The monoisotopic (exact) mass is 357 g/mol. The van der Waals surface area contributed by atoms with Crippen LogP contribution in [0.3, 0.4) is 0 Å². The summed E-state index contributed by atoms with van der Waals surface area (Å²) in [5.41, 5.74) is 0. The van der Waals surface area contributed by atoms with Crippen molar-refractivity contribution < 1.29 is 28.1 Å². The first-order valence-corrected chi connectivity index (χ1v) is 12.8. The number of allylic oxidation sites excluding steroid dienone is 4. The van der Waals surface area contributed by atoms with Gasteiger partial charge in [0, 0.05) is 0 Å². The van der Waals surface area contributed by atoms with Crippen LogP contribution < -0.4 is 9.78 Å². The molecule has 0 heterocycles. The van der Waals surface area contributed by atoms with Crippen LogP contribution in [0.4, 0.5) is 7.00 Å². The van der Waals surface area contributed by atoms with Gasteiger partial charge >= 0.3 is 101 Å². The molecule has 1 rings (SSSR count). The zero-order chi connectivity index (χ0) is 11.5. The molecule has 0 aromatic carbocycles. The predicted octanol–water partition coefficient (Wildman–Crippen LogP) is 0.456. The molecule has 15 heavy (non-hydrogen) atoms. The summed E-state index contributed by atoms with van der Waals surface area (Å²) >= 11 is -7.24. The van der Waals surface area contributed by atoms with Gasteiger partial charge in [0.05, 0.1) is 0 Å². The van der Waals surface area contributed by atoms with Crippen LogP contribution in [0.15, 0.2) is 19.8 Å². The molecule has 1 aliphatic carbocycles. The summed E-state index contributed by atoms with van der Waals surface area (Å²) < 4.78 is 36.9. The Kier molecular flexibility index (Phi) is 5.32. The van der Waals surface area contributed by atoms with Gasteiger partial charge in [-0.25, -0.2) is 0 Å². The van der Waals surface area contributed by atoms with Gasteiger partial charge in [0.2, 0.25) is 0 Å². The van der Waals surface area contributed by atoms with E-state index in [2.05, 4.69) is 9.78 Å². The zero-order valence-electron chi connectivity index (χ0n) is 9.20. The van der Waals surface area contributed by atoms with Crippen LogP contribution in [0.1, 0.15) is 6.42 Å². The molecule has 0 fully saturated rings. The summed E-state index contributed by atoms with van der Waals surface area (Å²) in [6.45, 7) is 0. The summed E-state index contributed by atoms with van der Waals surface area (Å²) in [4.78, 5) is 0. The molecule has 1 aliphatic rings. The molecular weight excluding hydrogens is 340 g/mol. The SMILES string of the molecule is C[NH][Zr]([NH]C)([NH]C)[C]1=[C]([GeH]([F])[F])C=CC1. The van der Waals surface area contributed by atoms with Crippen molar-refractivity contribution in [3.63, 3.8) is 0 Å². The van der Waals surface area contributed by atoms with Gasteiger partial charge in [-0.2, -0.15) is 0 Å². The minimum absolute atomic E-state index is 0.372. The van der Waals surface area contributed by atoms with E-state index in [0.29, 0.717) is 10.8 Å². The first kappa shape index (κ1) is 13.7. The minimum atomic E-state index is -4.16. The first-order valence-electron chi connectivity index (χ1n) is 4.86.